The molecule has 3 aromatic rings. The lowest BCUT2D eigenvalue weighted by atomic mass is 9.94. The highest BCUT2D eigenvalue weighted by Crippen LogP contribution is 2.31. The van der Waals surface area contributed by atoms with E-state index in [0.29, 0.717) is 0 Å². The van der Waals surface area contributed by atoms with Crippen molar-refractivity contribution >= 4 is 33.7 Å². The molecule has 0 radical (unpaired) electrons. The maximum atomic E-state index is 12.7. The third-order valence-corrected chi connectivity index (χ3v) is 5.42. The molecule has 1 aliphatic carbocycles. The van der Waals surface area contributed by atoms with Crippen LogP contribution < -0.4 is 5.32 Å². The van der Waals surface area contributed by atoms with Crippen LogP contribution in [0.5, 0.6) is 0 Å². The average Bonchev–Trinajstić information content (AvgIpc) is 2.99. The summed E-state index contributed by atoms with van der Waals surface area (Å²) in [6.45, 7) is 0. The maximum absolute atomic E-state index is 12.7. The Morgan fingerprint density at radius 2 is 1.82 bits per heavy atom. The van der Waals surface area contributed by atoms with Crippen LogP contribution in [0.25, 0.3) is 10.8 Å². The van der Waals surface area contributed by atoms with E-state index in [1.165, 1.54) is 24.0 Å². The Morgan fingerprint density at radius 1 is 1.00 bits per heavy atom. The SMILES string of the molecule is O=C(Nc1cccc2ccccc12)c1scc2c1CCCC2. The number of anilines is 1. The van der Waals surface area contributed by atoms with Crippen molar-refractivity contribution in [2.24, 2.45) is 0 Å². The van der Waals surface area contributed by atoms with Gasteiger partial charge >= 0.3 is 0 Å². The molecule has 0 atom stereocenters. The number of carbonyl (C=O) groups excluding carboxylic acids is 1. The second kappa shape index (κ2) is 5.58. The summed E-state index contributed by atoms with van der Waals surface area (Å²) in [5, 5.41) is 7.50. The smallest absolute Gasteiger partial charge is 0.266 e. The topological polar surface area (TPSA) is 29.1 Å². The largest absolute Gasteiger partial charge is 0.321 e. The van der Waals surface area contributed by atoms with Crippen molar-refractivity contribution in [2.45, 2.75) is 25.7 Å². The molecule has 1 N–H and O–H groups in total. The summed E-state index contributed by atoms with van der Waals surface area (Å²) >= 11 is 1.59. The Morgan fingerprint density at radius 3 is 2.77 bits per heavy atom. The van der Waals surface area contributed by atoms with E-state index in [2.05, 4.69) is 28.9 Å². The zero-order valence-corrected chi connectivity index (χ0v) is 13.1. The average molecular weight is 307 g/mol. The summed E-state index contributed by atoms with van der Waals surface area (Å²) in [7, 11) is 0. The van der Waals surface area contributed by atoms with Crippen LogP contribution in [0.15, 0.2) is 47.8 Å². The fourth-order valence-electron chi connectivity index (χ4n) is 3.22. The minimum Gasteiger partial charge on any atom is -0.321 e. The van der Waals surface area contributed by atoms with Gasteiger partial charge in [0.15, 0.2) is 0 Å². The standard InChI is InChI=1S/C19H17NOS/c21-19(18-16-10-4-2-7-14(16)12-22-18)20-17-11-5-8-13-6-1-3-9-15(13)17/h1,3,5-6,8-9,11-12H,2,4,7,10H2,(H,20,21). The first kappa shape index (κ1) is 13.5. The first-order chi connectivity index (χ1) is 10.8. The Hall–Kier alpha value is -2.13. The van der Waals surface area contributed by atoms with Gasteiger partial charge in [0.05, 0.1) is 4.88 Å². The molecule has 0 bridgehead atoms. The fraction of sp³-hybridized carbons (Fsp3) is 0.211. The Bertz CT molecular complexity index is 844. The van der Waals surface area contributed by atoms with Gasteiger partial charge < -0.3 is 5.32 Å². The number of carbonyl (C=O) groups is 1. The van der Waals surface area contributed by atoms with Crippen LogP contribution in [0.1, 0.15) is 33.6 Å². The van der Waals surface area contributed by atoms with E-state index < -0.39 is 0 Å². The molecule has 3 heteroatoms. The lowest BCUT2D eigenvalue weighted by Gasteiger charge is -2.13. The fourth-order valence-corrected chi connectivity index (χ4v) is 4.28. The molecule has 0 unspecified atom stereocenters. The molecule has 0 saturated heterocycles. The normalized spacial score (nSPS) is 13.8. The van der Waals surface area contributed by atoms with Gasteiger partial charge in [-0.15, -0.1) is 11.3 Å². The van der Waals surface area contributed by atoms with Crippen LogP contribution in [-0.2, 0) is 12.8 Å². The molecule has 0 fully saturated rings. The maximum Gasteiger partial charge on any atom is 0.266 e. The number of thiophene rings is 1. The summed E-state index contributed by atoms with van der Waals surface area (Å²) in [6, 6.07) is 14.2. The Kier molecular flexibility index (Phi) is 3.43. The predicted octanol–water partition coefficient (Wildman–Crippen LogP) is 5.03. The number of amides is 1. The Labute approximate surface area is 133 Å². The number of benzene rings is 2. The molecule has 0 aliphatic heterocycles. The lowest BCUT2D eigenvalue weighted by molar-refractivity contribution is 0.102. The number of rotatable bonds is 2. The van der Waals surface area contributed by atoms with E-state index in [9.17, 15) is 4.79 Å². The summed E-state index contributed by atoms with van der Waals surface area (Å²) in [5.41, 5.74) is 3.54. The molecule has 1 amide bonds. The highest BCUT2D eigenvalue weighted by Gasteiger charge is 2.20. The quantitative estimate of drug-likeness (QED) is 0.706. The number of hydrogen-bond donors (Lipinski definition) is 1. The van der Waals surface area contributed by atoms with Gasteiger partial charge in [0.25, 0.3) is 5.91 Å². The molecule has 22 heavy (non-hydrogen) atoms. The molecule has 0 spiro atoms. The summed E-state index contributed by atoms with van der Waals surface area (Å²) in [6.07, 6.45) is 4.59. The highest BCUT2D eigenvalue weighted by molar-refractivity contribution is 7.12. The van der Waals surface area contributed by atoms with E-state index in [-0.39, 0.29) is 5.91 Å². The van der Waals surface area contributed by atoms with E-state index in [4.69, 9.17) is 0 Å². The molecule has 4 rings (SSSR count). The van der Waals surface area contributed by atoms with Crippen molar-refractivity contribution in [2.75, 3.05) is 5.32 Å². The number of fused-ring (bicyclic) bond motifs is 2. The number of aryl methyl sites for hydroxylation is 1. The van der Waals surface area contributed by atoms with Crippen LogP contribution in [-0.4, -0.2) is 5.91 Å². The van der Waals surface area contributed by atoms with Crippen molar-refractivity contribution in [1.29, 1.82) is 0 Å². The van der Waals surface area contributed by atoms with Gasteiger partial charge in [-0.3, -0.25) is 4.79 Å². The van der Waals surface area contributed by atoms with Gasteiger partial charge in [-0.1, -0.05) is 36.4 Å². The first-order valence-electron chi connectivity index (χ1n) is 7.71. The minimum atomic E-state index is 0.0319. The van der Waals surface area contributed by atoms with Gasteiger partial charge in [-0.25, -0.2) is 0 Å². The van der Waals surface area contributed by atoms with Crippen molar-refractivity contribution in [1.82, 2.24) is 0 Å². The van der Waals surface area contributed by atoms with Gasteiger partial charge in [-0.2, -0.15) is 0 Å². The van der Waals surface area contributed by atoms with E-state index in [0.717, 1.165) is 34.2 Å². The van der Waals surface area contributed by atoms with Gasteiger partial charge in [0.1, 0.15) is 0 Å². The van der Waals surface area contributed by atoms with Crippen molar-refractivity contribution < 1.29 is 4.79 Å². The zero-order chi connectivity index (χ0) is 14.9. The molecule has 2 aromatic carbocycles. The number of hydrogen-bond acceptors (Lipinski definition) is 2. The molecular formula is C19H17NOS. The van der Waals surface area contributed by atoms with Gasteiger partial charge in [0, 0.05) is 11.1 Å². The van der Waals surface area contributed by atoms with Crippen LogP contribution in [0.3, 0.4) is 0 Å². The lowest BCUT2D eigenvalue weighted by Crippen LogP contribution is -2.14. The summed E-state index contributed by atoms with van der Waals surface area (Å²) in [5.74, 6) is 0.0319. The van der Waals surface area contributed by atoms with Crippen LogP contribution in [0, 0.1) is 0 Å². The minimum absolute atomic E-state index is 0.0319. The monoisotopic (exact) mass is 307 g/mol. The molecule has 1 heterocycles. The molecule has 0 saturated carbocycles. The summed E-state index contributed by atoms with van der Waals surface area (Å²) in [4.78, 5) is 13.6. The van der Waals surface area contributed by atoms with Crippen molar-refractivity contribution in [3.63, 3.8) is 0 Å². The third-order valence-electron chi connectivity index (χ3n) is 4.35. The van der Waals surface area contributed by atoms with E-state index >= 15 is 0 Å². The van der Waals surface area contributed by atoms with E-state index in [1.54, 1.807) is 11.3 Å². The molecule has 1 aliphatic rings. The van der Waals surface area contributed by atoms with Gasteiger partial charge in [-0.05, 0) is 53.6 Å². The second-order valence-electron chi connectivity index (χ2n) is 5.76. The highest BCUT2D eigenvalue weighted by atomic mass is 32.1. The second-order valence-corrected chi connectivity index (χ2v) is 6.64. The molecule has 110 valence electrons. The van der Waals surface area contributed by atoms with Crippen molar-refractivity contribution in [3.05, 3.63) is 63.8 Å². The van der Waals surface area contributed by atoms with Gasteiger partial charge in [0.2, 0.25) is 0 Å². The van der Waals surface area contributed by atoms with Crippen molar-refractivity contribution in [3.8, 4) is 0 Å². The first-order valence-corrected chi connectivity index (χ1v) is 8.59. The predicted molar refractivity (Wildman–Crippen MR) is 92.9 cm³/mol. The number of nitrogens with one attached hydrogen (secondary N) is 1. The van der Waals surface area contributed by atoms with Crippen LogP contribution in [0.4, 0.5) is 5.69 Å². The van der Waals surface area contributed by atoms with Crippen LogP contribution >= 0.6 is 11.3 Å². The molecule has 1 aromatic heterocycles. The van der Waals surface area contributed by atoms with E-state index in [1.807, 2.05) is 24.3 Å². The zero-order valence-electron chi connectivity index (χ0n) is 12.3. The molecular weight excluding hydrogens is 290 g/mol. The molecule has 2 nitrogen and oxygen atoms in total. The third kappa shape index (κ3) is 2.32. The Balaban J connectivity index is 1.68. The summed E-state index contributed by atoms with van der Waals surface area (Å²) < 4.78 is 0. The van der Waals surface area contributed by atoms with Crippen LogP contribution in [0.2, 0.25) is 0 Å².